The summed E-state index contributed by atoms with van der Waals surface area (Å²) in [7, 11) is 1.38. The van der Waals surface area contributed by atoms with Gasteiger partial charge in [-0.05, 0) is 24.5 Å². The maximum Gasteiger partial charge on any atom is 0.180 e. The van der Waals surface area contributed by atoms with Gasteiger partial charge in [0.15, 0.2) is 17.5 Å². The minimum absolute atomic E-state index is 0.0861. The molecule has 0 aliphatic carbocycles. The highest BCUT2D eigenvalue weighted by Gasteiger charge is 2.09. The van der Waals surface area contributed by atoms with E-state index in [1.807, 2.05) is 0 Å². The Morgan fingerprint density at radius 2 is 1.81 bits per heavy atom. The number of hydrogen-bond donors (Lipinski definition) is 1. The number of methoxy groups -OCH3 is 1. The first kappa shape index (κ1) is 12.5. The van der Waals surface area contributed by atoms with Crippen molar-refractivity contribution < 1.29 is 17.9 Å². The van der Waals surface area contributed by atoms with Gasteiger partial charge >= 0.3 is 0 Å². The van der Waals surface area contributed by atoms with Gasteiger partial charge in [-0.25, -0.2) is 13.2 Å². The topological polar surface area (TPSA) is 33.1 Å². The van der Waals surface area contributed by atoms with Crippen LogP contribution in [0.25, 0.3) is 0 Å². The second kappa shape index (κ2) is 5.53. The number of rotatable bonds is 4. The molecule has 0 spiro atoms. The minimum atomic E-state index is -1.19. The van der Waals surface area contributed by atoms with E-state index in [-0.39, 0.29) is 17.9 Å². The molecule has 0 saturated carbocycles. The molecule has 5 heteroatoms. The van der Waals surface area contributed by atoms with Gasteiger partial charge in [0.05, 0.1) is 7.11 Å². The second-order valence-corrected chi connectivity index (χ2v) is 3.34. The van der Waals surface area contributed by atoms with Crippen LogP contribution in [0.15, 0.2) is 12.1 Å². The van der Waals surface area contributed by atoms with Crippen molar-refractivity contribution in [1.82, 2.24) is 0 Å². The fraction of sp³-hybridized carbons (Fsp3) is 0.364. The summed E-state index contributed by atoms with van der Waals surface area (Å²) in [5.74, 6) is -2.92. The molecule has 1 aromatic rings. The fourth-order valence-corrected chi connectivity index (χ4v) is 1.30. The Balaban J connectivity index is 2.60. The standard InChI is InChI=1S/C11H12F3NO/c1-16-11(15)4-2-3-7-5-9(13)10(14)6-8(7)12/h5-6,15H,2-4H2,1H3. The van der Waals surface area contributed by atoms with E-state index in [1.165, 1.54) is 7.11 Å². The Hall–Kier alpha value is -1.52. The van der Waals surface area contributed by atoms with Crippen LogP contribution >= 0.6 is 0 Å². The number of benzene rings is 1. The van der Waals surface area contributed by atoms with Gasteiger partial charge in [-0.2, -0.15) is 0 Å². The molecule has 88 valence electrons. The average molecular weight is 231 g/mol. The first-order valence-corrected chi connectivity index (χ1v) is 4.79. The highest BCUT2D eigenvalue weighted by atomic mass is 19.2. The van der Waals surface area contributed by atoms with Crippen LogP contribution in [0.3, 0.4) is 0 Å². The van der Waals surface area contributed by atoms with Crippen molar-refractivity contribution in [2.75, 3.05) is 7.11 Å². The van der Waals surface area contributed by atoms with Gasteiger partial charge < -0.3 is 4.74 Å². The van der Waals surface area contributed by atoms with E-state index in [0.717, 1.165) is 6.07 Å². The lowest BCUT2D eigenvalue weighted by Crippen LogP contribution is -2.01. The van der Waals surface area contributed by atoms with Gasteiger partial charge in [0.2, 0.25) is 0 Å². The summed E-state index contributed by atoms with van der Waals surface area (Å²) in [5, 5.41) is 7.18. The normalized spacial score (nSPS) is 10.2. The van der Waals surface area contributed by atoms with Crippen LogP contribution in [-0.2, 0) is 11.2 Å². The third kappa shape index (κ3) is 3.25. The van der Waals surface area contributed by atoms with Crippen molar-refractivity contribution in [1.29, 1.82) is 5.41 Å². The molecule has 1 N–H and O–H groups in total. The van der Waals surface area contributed by atoms with E-state index in [0.29, 0.717) is 18.9 Å². The first-order chi connectivity index (χ1) is 7.54. The van der Waals surface area contributed by atoms with E-state index in [1.54, 1.807) is 0 Å². The highest BCUT2D eigenvalue weighted by molar-refractivity contribution is 5.72. The Morgan fingerprint density at radius 1 is 1.19 bits per heavy atom. The number of hydrogen-bond acceptors (Lipinski definition) is 2. The van der Waals surface area contributed by atoms with Gasteiger partial charge in [-0.1, -0.05) is 0 Å². The van der Waals surface area contributed by atoms with Gasteiger partial charge in [0.25, 0.3) is 0 Å². The van der Waals surface area contributed by atoms with Gasteiger partial charge in [0, 0.05) is 12.5 Å². The lowest BCUT2D eigenvalue weighted by molar-refractivity contribution is 0.384. The molecule has 0 radical (unpaired) electrons. The summed E-state index contributed by atoms with van der Waals surface area (Å²) >= 11 is 0. The van der Waals surface area contributed by atoms with Crippen molar-refractivity contribution in [3.05, 3.63) is 35.1 Å². The molecule has 2 nitrogen and oxygen atoms in total. The monoisotopic (exact) mass is 231 g/mol. The minimum Gasteiger partial charge on any atom is -0.484 e. The molecule has 0 saturated heterocycles. The molecular weight excluding hydrogens is 219 g/mol. The molecule has 1 aromatic carbocycles. The summed E-state index contributed by atoms with van der Waals surface area (Å²) in [6.45, 7) is 0. The lowest BCUT2D eigenvalue weighted by Gasteiger charge is -2.04. The molecule has 0 heterocycles. The zero-order chi connectivity index (χ0) is 12.1. The predicted octanol–water partition coefficient (Wildman–Crippen LogP) is 3.05. The molecule has 0 aromatic heterocycles. The summed E-state index contributed by atoms with van der Waals surface area (Å²) in [4.78, 5) is 0. The van der Waals surface area contributed by atoms with E-state index < -0.39 is 17.5 Å². The number of ether oxygens (including phenoxy) is 1. The largest absolute Gasteiger partial charge is 0.484 e. The van der Waals surface area contributed by atoms with Gasteiger partial charge in [0.1, 0.15) is 5.82 Å². The SMILES string of the molecule is COC(=N)CCCc1cc(F)c(F)cc1F. The van der Waals surface area contributed by atoms with Crippen molar-refractivity contribution in [3.8, 4) is 0 Å². The van der Waals surface area contributed by atoms with Crippen LogP contribution in [0.5, 0.6) is 0 Å². The van der Waals surface area contributed by atoms with Crippen LogP contribution in [0.1, 0.15) is 18.4 Å². The maximum absolute atomic E-state index is 13.1. The Morgan fingerprint density at radius 3 is 2.44 bits per heavy atom. The van der Waals surface area contributed by atoms with Crippen LogP contribution in [0.4, 0.5) is 13.2 Å². The Labute approximate surface area is 91.6 Å². The fourth-order valence-electron chi connectivity index (χ4n) is 1.30. The number of halogens is 3. The Kier molecular flexibility index (Phi) is 4.34. The molecule has 0 amide bonds. The van der Waals surface area contributed by atoms with E-state index in [2.05, 4.69) is 4.74 Å². The van der Waals surface area contributed by atoms with Crippen molar-refractivity contribution in [2.45, 2.75) is 19.3 Å². The molecule has 0 aliphatic heterocycles. The molecule has 1 rings (SSSR count). The first-order valence-electron chi connectivity index (χ1n) is 4.79. The Bertz CT molecular complexity index is 393. The zero-order valence-electron chi connectivity index (χ0n) is 8.82. The van der Waals surface area contributed by atoms with Crippen LogP contribution in [0, 0.1) is 22.9 Å². The molecule has 16 heavy (non-hydrogen) atoms. The zero-order valence-corrected chi connectivity index (χ0v) is 8.82. The van der Waals surface area contributed by atoms with Gasteiger partial charge in [-0.15, -0.1) is 0 Å². The van der Waals surface area contributed by atoms with Crippen LogP contribution < -0.4 is 0 Å². The van der Waals surface area contributed by atoms with Crippen LogP contribution in [-0.4, -0.2) is 13.0 Å². The molecule has 0 aliphatic rings. The molecule has 0 bridgehead atoms. The smallest absolute Gasteiger partial charge is 0.180 e. The molecule has 0 unspecified atom stereocenters. The lowest BCUT2D eigenvalue weighted by atomic mass is 10.1. The molecular formula is C11H12F3NO. The third-order valence-corrected chi connectivity index (χ3v) is 2.19. The molecule has 0 fully saturated rings. The summed E-state index contributed by atoms with van der Waals surface area (Å²) in [5.41, 5.74) is 0.114. The number of nitrogens with one attached hydrogen (secondary N) is 1. The summed E-state index contributed by atoms with van der Waals surface area (Å²) in [6, 6.07) is 1.38. The van der Waals surface area contributed by atoms with E-state index in [9.17, 15) is 13.2 Å². The second-order valence-electron chi connectivity index (χ2n) is 3.34. The summed E-state index contributed by atoms with van der Waals surface area (Å²) in [6.07, 6.45) is 1.04. The van der Waals surface area contributed by atoms with Crippen molar-refractivity contribution >= 4 is 5.90 Å². The summed E-state index contributed by atoms with van der Waals surface area (Å²) < 4.78 is 43.2. The van der Waals surface area contributed by atoms with E-state index in [4.69, 9.17) is 5.41 Å². The average Bonchev–Trinajstić information content (AvgIpc) is 2.25. The number of aryl methyl sites for hydroxylation is 1. The van der Waals surface area contributed by atoms with Crippen molar-refractivity contribution in [3.63, 3.8) is 0 Å². The van der Waals surface area contributed by atoms with Crippen LogP contribution in [0.2, 0.25) is 0 Å². The third-order valence-electron chi connectivity index (χ3n) is 2.19. The highest BCUT2D eigenvalue weighted by Crippen LogP contribution is 2.15. The maximum atomic E-state index is 13.1. The van der Waals surface area contributed by atoms with Gasteiger partial charge in [-0.3, -0.25) is 5.41 Å². The predicted molar refractivity (Wildman–Crippen MR) is 54.0 cm³/mol. The quantitative estimate of drug-likeness (QED) is 0.482. The van der Waals surface area contributed by atoms with E-state index >= 15 is 0 Å². The van der Waals surface area contributed by atoms with Crippen molar-refractivity contribution in [2.24, 2.45) is 0 Å². The molecule has 0 atom stereocenters.